The highest BCUT2D eigenvalue weighted by Gasteiger charge is 2.40. The van der Waals surface area contributed by atoms with E-state index in [1.807, 2.05) is 13.8 Å². The largest absolute Gasteiger partial charge is 0.481 e. The van der Waals surface area contributed by atoms with Gasteiger partial charge in [0.1, 0.15) is 0 Å². The van der Waals surface area contributed by atoms with Crippen LogP contribution in [0.4, 0.5) is 4.79 Å². The lowest BCUT2D eigenvalue weighted by Gasteiger charge is -2.42. The molecule has 1 fully saturated rings. The van der Waals surface area contributed by atoms with Crippen molar-refractivity contribution in [3.63, 3.8) is 0 Å². The van der Waals surface area contributed by atoms with Crippen molar-refractivity contribution in [3.05, 3.63) is 0 Å². The number of carboxylic acids is 1. The Morgan fingerprint density at radius 3 is 2.35 bits per heavy atom. The summed E-state index contributed by atoms with van der Waals surface area (Å²) in [4.78, 5) is 24.3. The molecule has 0 atom stereocenters. The molecule has 1 aliphatic rings. The Morgan fingerprint density at radius 1 is 1.41 bits per heavy atom. The van der Waals surface area contributed by atoms with E-state index in [0.717, 1.165) is 19.3 Å². The van der Waals surface area contributed by atoms with Crippen molar-refractivity contribution in [1.82, 2.24) is 10.2 Å². The number of amides is 2. The first-order valence-electron chi connectivity index (χ1n) is 6.10. The number of hydrogen-bond donors (Lipinski definition) is 2. The Labute approximate surface area is 102 Å². The molecule has 1 saturated carbocycles. The molecule has 0 heterocycles. The SMILES string of the molecule is CC(C)CN(C)C(=O)NC1(CC(=O)O)CCC1. The lowest BCUT2D eigenvalue weighted by atomic mass is 9.74. The van der Waals surface area contributed by atoms with Crippen LogP contribution < -0.4 is 5.32 Å². The molecule has 2 amide bonds. The van der Waals surface area contributed by atoms with E-state index in [9.17, 15) is 9.59 Å². The van der Waals surface area contributed by atoms with E-state index in [2.05, 4.69) is 5.32 Å². The van der Waals surface area contributed by atoms with Gasteiger partial charge < -0.3 is 15.3 Å². The second-order valence-corrected chi connectivity index (χ2v) is 5.41. The van der Waals surface area contributed by atoms with E-state index in [0.29, 0.717) is 12.5 Å². The van der Waals surface area contributed by atoms with E-state index in [1.54, 1.807) is 11.9 Å². The molecular weight excluding hydrogens is 220 g/mol. The van der Waals surface area contributed by atoms with Gasteiger partial charge in [-0.25, -0.2) is 4.79 Å². The van der Waals surface area contributed by atoms with Gasteiger partial charge in [0.05, 0.1) is 12.0 Å². The minimum Gasteiger partial charge on any atom is -0.481 e. The van der Waals surface area contributed by atoms with Crippen molar-refractivity contribution in [2.75, 3.05) is 13.6 Å². The molecule has 5 heteroatoms. The highest BCUT2D eigenvalue weighted by molar-refractivity contribution is 5.77. The number of urea groups is 1. The van der Waals surface area contributed by atoms with Crippen molar-refractivity contribution in [3.8, 4) is 0 Å². The Morgan fingerprint density at radius 2 is 2.00 bits per heavy atom. The highest BCUT2D eigenvalue weighted by atomic mass is 16.4. The molecular formula is C12H22N2O3. The number of nitrogens with one attached hydrogen (secondary N) is 1. The monoisotopic (exact) mass is 242 g/mol. The third kappa shape index (κ3) is 3.91. The topological polar surface area (TPSA) is 69.6 Å². The molecule has 0 spiro atoms. The van der Waals surface area contributed by atoms with Crippen molar-refractivity contribution < 1.29 is 14.7 Å². The molecule has 1 aliphatic carbocycles. The number of nitrogens with zero attached hydrogens (tertiary/aromatic N) is 1. The summed E-state index contributed by atoms with van der Waals surface area (Å²) in [6, 6.07) is -0.167. The number of rotatable bonds is 5. The van der Waals surface area contributed by atoms with E-state index in [1.165, 1.54) is 0 Å². The molecule has 0 unspecified atom stereocenters. The van der Waals surface area contributed by atoms with E-state index in [4.69, 9.17) is 5.11 Å². The minimum atomic E-state index is -0.850. The number of aliphatic carboxylic acids is 1. The average Bonchev–Trinajstić information content (AvgIpc) is 2.12. The van der Waals surface area contributed by atoms with Gasteiger partial charge in [-0.1, -0.05) is 13.8 Å². The van der Waals surface area contributed by atoms with Crippen molar-refractivity contribution in [1.29, 1.82) is 0 Å². The third-order valence-electron chi connectivity index (χ3n) is 3.16. The fraction of sp³-hybridized carbons (Fsp3) is 0.833. The number of carboxylic acid groups (broad SMARTS) is 1. The van der Waals surface area contributed by atoms with Crippen LogP contribution in [0, 0.1) is 5.92 Å². The van der Waals surface area contributed by atoms with Gasteiger partial charge >= 0.3 is 12.0 Å². The van der Waals surface area contributed by atoms with Gasteiger partial charge in [-0.3, -0.25) is 4.79 Å². The lowest BCUT2D eigenvalue weighted by molar-refractivity contribution is -0.139. The van der Waals surface area contributed by atoms with Gasteiger partial charge in [0.15, 0.2) is 0 Å². The van der Waals surface area contributed by atoms with Crippen LogP contribution >= 0.6 is 0 Å². The summed E-state index contributed by atoms with van der Waals surface area (Å²) in [6.45, 7) is 4.76. The number of carbonyl (C=O) groups excluding carboxylic acids is 1. The second kappa shape index (κ2) is 5.38. The minimum absolute atomic E-state index is 0.0221. The number of hydrogen-bond acceptors (Lipinski definition) is 2. The van der Waals surface area contributed by atoms with E-state index in [-0.39, 0.29) is 12.5 Å². The summed E-state index contributed by atoms with van der Waals surface area (Å²) in [5.41, 5.74) is -0.506. The predicted octanol–water partition coefficient (Wildman–Crippen LogP) is 1.68. The first-order valence-corrected chi connectivity index (χ1v) is 6.10. The third-order valence-corrected chi connectivity index (χ3v) is 3.16. The van der Waals surface area contributed by atoms with Crippen LogP contribution in [0.5, 0.6) is 0 Å². The maximum Gasteiger partial charge on any atom is 0.317 e. The summed E-state index contributed by atoms with van der Waals surface area (Å²) in [7, 11) is 1.74. The van der Waals surface area contributed by atoms with E-state index < -0.39 is 11.5 Å². The van der Waals surface area contributed by atoms with Crippen LogP contribution in [0.25, 0.3) is 0 Å². The normalized spacial score (nSPS) is 17.4. The lowest BCUT2D eigenvalue weighted by Crippen LogP contribution is -2.57. The zero-order valence-electron chi connectivity index (χ0n) is 10.8. The molecule has 0 saturated heterocycles. The average molecular weight is 242 g/mol. The molecule has 0 aliphatic heterocycles. The summed E-state index contributed by atoms with van der Waals surface area (Å²) in [5, 5.41) is 11.7. The van der Waals surface area contributed by atoms with Crippen LogP contribution in [-0.2, 0) is 4.79 Å². The first-order chi connectivity index (χ1) is 7.84. The van der Waals surface area contributed by atoms with Crippen LogP contribution in [0.15, 0.2) is 0 Å². The van der Waals surface area contributed by atoms with Crippen molar-refractivity contribution in [2.24, 2.45) is 5.92 Å². The van der Waals surface area contributed by atoms with Gasteiger partial charge in [0, 0.05) is 13.6 Å². The second-order valence-electron chi connectivity index (χ2n) is 5.41. The molecule has 98 valence electrons. The Kier molecular flexibility index (Phi) is 4.37. The molecule has 0 bridgehead atoms. The zero-order valence-corrected chi connectivity index (χ0v) is 10.8. The standard InChI is InChI=1S/C12H22N2O3/c1-9(2)8-14(3)11(17)13-12(5-4-6-12)7-10(15)16/h9H,4-8H2,1-3H3,(H,13,17)(H,15,16). The highest BCUT2D eigenvalue weighted by Crippen LogP contribution is 2.35. The maximum atomic E-state index is 11.9. The number of carbonyl (C=O) groups is 2. The zero-order chi connectivity index (χ0) is 13.1. The van der Waals surface area contributed by atoms with Crippen molar-refractivity contribution in [2.45, 2.75) is 45.1 Å². The molecule has 1 rings (SSSR count). The summed E-state index contributed by atoms with van der Waals surface area (Å²) >= 11 is 0. The predicted molar refractivity (Wildman–Crippen MR) is 64.8 cm³/mol. The molecule has 5 nitrogen and oxygen atoms in total. The smallest absolute Gasteiger partial charge is 0.317 e. The maximum absolute atomic E-state index is 11.9. The van der Waals surface area contributed by atoms with Crippen LogP contribution in [0.2, 0.25) is 0 Å². The Balaban J connectivity index is 2.50. The summed E-state index contributed by atoms with van der Waals surface area (Å²) in [5.74, 6) is -0.445. The molecule has 0 aromatic rings. The van der Waals surface area contributed by atoms with Crippen molar-refractivity contribution >= 4 is 12.0 Å². The van der Waals surface area contributed by atoms with Crippen LogP contribution in [0.1, 0.15) is 39.5 Å². The molecule has 0 aromatic carbocycles. The Bertz CT molecular complexity index is 298. The molecule has 2 N–H and O–H groups in total. The van der Waals surface area contributed by atoms with Crippen LogP contribution in [0.3, 0.4) is 0 Å². The van der Waals surface area contributed by atoms with Gasteiger partial charge in [0.25, 0.3) is 0 Å². The quantitative estimate of drug-likeness (QED) is 0.770. The fourth-order valence-electron chi connectivity index (χ4n) is 2.19. The first kappa shape index (κ1) is 13.8. The van der Waals surface area contributed by atoms with Gasteiger partial charge in [0.2, 0.25) is 0 Å². The van der Waals surface area contributed by atoms with Crippen LogP contribution in [-0.4, -0.2) is 41.1 Å². The summed E-state index contributed by atoms with van der Waals surface area (Å²) in [6.07, 6.45) is 2.54. The summed E-state index contributed by atoms with van der Waals surface area (Å²) < 4.78 is 0. The molecule has 17 heavy (non-hydrogen) atoms. The van der Waals surface area contributed by atoms with Gasteiger partial charge in [-0.2, -0.15) is 0 Å². The molecule has 0 aromatic heterocycles. The fourth-order valence-corrected chi connectivity index (χ4v) is 2.19. The Hall–Kier alpha value is -1.26. The van der Waals surface area contributed by atoms with Gasteiger partial charge in [-0.15, -0.1) is 0 Å². The van der Waals surface area contributed by atoms with E-state index >= 15 is 0 Å². The molecule has 0 radical (unpaired) electrons. The van der Waals surface area contributed by atoms with Gasteiger partial charge in [-0.05, 0) is 25.2 Å².